The van der Waals surface area contributed by atoms with E-state index in [4.69, 9.17) is 14.2 Å². The molecule has 0 saturated heterocycles. The Morgan fingerprint density at radius 3 is 2.55 bits per heavy atom. The number of hydrogen-bond donors (Lipinski definition) is 0. The van der Waals surface area contributed by atoms with Crippen LogP contribution in [-0.4, -0.2) is 59.0 Å². The van der Waals surface area contributed by atoms with Crippen LogP contribution in [0.2, 0.25) is 0 Å². The van der Waals surface area contributed by atoms with Gasteiger partial charge in [-0.15, -0.1) is 0 Å². The minimum atomic E-state index is -0.702. The largest absolute Gasteiger partial charge is 0.494 e. The first-order chi connectivity index (χ1) is 18.0. The van der Waals surface area contributed by atoms with Gasteiger partial charge in [-0.3, -0.25) is 9.69 Å². The number of fused-ring (bicyclic) bond motifs is 2. The molecule has 5 rings (SSSR count). The molecule has 204 valence electrons. The lowest BCUT2D eigenvalue weighted by Crippen LogP contribution is -2.44. The van der Waals surface area contributed by atoms with Crippen LogP contribution in [0.4, 0.5) is 4.39 Å². The second-order valence-electron chi connectivity index (χ2n) is 11.3. The SMILES string of the molecule is CCOC(=O)c1cn(C2CC2)c2c(OC)c(-c3cc4n(c3)C[C@H](COC(C)(C)C)N(C)C4)c(F)cc2c1=O. The molecule has 0 bridgehead atoms. The lowest BCUT2D eigenvalue weighted by molar-refractivity contribution is -0.0398. The molecule has 1 fully saturated rings. The number of rotatable bonds is 7. The molecule has 9 heteroatoms. The Morgan fingerprint density at radius 2 is 1.92 bits per heavy atom. The zero-order chi connectivity index (χ0) is 27.4. The van der Waals surface area contributed by atoms with Crippen molar-refractivity contribution >= 4 is 16.9 Å². The van der Waals surface area contributed by atoms with Gasteiger partial charge in [0.25, 0.3) is 0 Å². The van der Waals surface area contributed by atoms with Gasteiger partial charge in [-0.05, 0) is 59.7 Å². The summed E-state index contributed by atoms with van der Waals surface area (Å²) in [5.74, 6) is -0.978. The van der Waals surface area contributed by atoms with Gasteiger partial charge in [-0.1, -0.05) is 0 Å². The number of esters is 1. The lowest BCUT2D eigenvalue weighted by atomic mass is 10.0. The fraction of sp³-hybridized carbons (Fsp3) is 0.517. The molecule has 1 aliphatic heterocycles. The molecule has 2 aromatic heterocycles. The van der Waals surface area contributed by atoms with Crippen LogP contribution in [0, 0.1) is 5.82 Å². The van der Waals surface area contributed by atoms with E-state index in [1.807, 2.05) is 37.6 Å². The minimum Gasteiger partial charge on any atom is -0.494 e. The second-order valence-corrected chi connectivity index (χ2v) is 11.3. The predicted octanol–water partition coefficient (Wildman–Crippen LogP) is 4.76. The molecule has 1 saturated carbocycles. The van der Waals surface area contributed by atoms with Crippen molar-refractivity contribution in [2.45, 2.75) is 71.3 Å². The number of halogens is 1. The monoisotopic (exact) mass is 525 g/mol. The van der Waals surface area contributed by atoms with Gasteiger partial charge < -0.3 is 23.3 Å². The molecule has 0 spiro atoms. The van der Waals surface area contributed by atoms with Gasteiger partial charge in [0, 0.05) is 42.8 Å². The van der Waals surface area contributed by atoms with Crippen LogP contribution in [0.1, 0.15) is 62.6 Å². The van der Waals surface area contributed by atoms with E-state index in [1.165, 1.54) is 13.2 Å². The highest BCUT2D eigenvalue weighted by atomic mass is 19.1. The van der Waals surface area contributed by atoms with Crippen molar-refractivity contribution in [3.8, 4) is 16.9 Å². The van der Waals surface area contributed by atoms with E-state index in [1.54, 1.807) is 13.1 Å². The number of carbonyl (C=O) groups is 1. The van der Waals surface area contributed by atoms with Crippen molar-refractivity contribution in [3.05, 3.63) is 51.8 Å². The van der Waals surface area contributed by atoms with Gasteiger partial charge in [0.05, 0.1) is 48.4 Å². The highest BCUT2D eigenvalue weighted by molar-refractivity contribution is 5.98. The third-order valence-corrected chi connectivity index (χ3v) is 7.29. The Bertz CT molecular complexity index is 1450. The number of carbonyl (C=O) groups excluding carboxylic acids is 1. The molecular formula is C29H36FN3O5. The van der Waals surface area contributed by atoms with Gasteiger partial charge in [-0.25, -0.2) is 9.18 Å². The van der Waals surface area contributed by atoms with Crippen LogP contribution in [0.25, 0.3) is 22.0 Å². The van der Waals surface area contributed by atoms with Crippen LogP contribution in [0.15, 0.2) is 29.3 Å². The molecule has 0 unspecified atom stereocenters. The summed E-state index contributed by atoms with van der Waals surface area (Å²) in [4.78, 5) is 28.1. The standard InChI is InChI=1S/C29H36FN3O5/c1-7-37-28(35)22-15-33(18-8-9-18)25-21(26(22)34)11-23(30)24(27(25)36-6)17-10-19-13-31(5)20(14-32(19)12-17)16-38-29(2,3)4/h10-12,15,18,20H,7-9,13-14,16H2,1-6H3/t20-/m1/s1. The predicted molar refractivity (Wildman–Crippen MR) is 143 cm³/mol. The fourth-order valence-corrected chi connectivity index (χ4v) is 5.19. The van der Waals surface area contributed by atoms with E-state index >= 15 is 4.39 Å². The van der Waals surface area contributed by atoms with E-state index < -0.39 is 17.2 Å². The first-order valence-corrected chi connectivity index (χ1v) is 13.2. The van der Waals surface area contributed by atoms with Crippen molar-refractivity contribution in [1.82, 2.24) is 14.0 Å². The zero-order valence-electron chi connectivity index (χ0n) is 23.0. The molecule has 2 aliphatic rings. The number of aromatic nitrogens is 2. The average molecular weight is 526 g/mol. The van der Waals surface area contributed by atoms with Crippen molar-refractivity contribution in [3.63, 3.8) is 0 Å². The molecule has 0 radical (unpaired) electrons. The number of hydrogen-bond acceptors (Lipinski definition) is 6. The summed E-state index contributed by atoms with van der Waals surface area (Å²) in [6.45, 7) is 9.97. The third-order valence-electron chi connectivity index (χ3n) is 7.29. The second kappa shape index (κ2) is 9.85. The maximum Gasteiger partial charge on any atom is 0.343 e. The van der Waals surface area contributed by atoms with Crippen LogP contribution >= 0.6 is 0 Å². The Balaban J connectivity index is 1.62. The van der Waals surface area contributed by atoms with Crippen LogP contribution in [0.3, 0.4) is 0 Å². The van der Waals surface area contributed by atoms with Gasteiger partial charge in [0.1, 0.15) is 11.4 Å². The molecule has 0 N–H and O–H groups in total. The minimum absolute atomic E-state index is 0.0914. The molecule has 38 heavy (non-hydrogen) atoms. The molecular weight excluding hydrogens is 489 g/mol. The van der Waals surface area contributed by atoms with Crippen LogP contribution < -0.4 is 10.2 Å². The van der Waals surface area contributed by atoms with Crippen LogP contribution in [-0.2, 0) is 22.6 Å². The molecule has 1 atom stereocenters. The molecule has 8 nitrogen and oxygen atoms in total. The van der Waals surface area contributed by atoms with Crippen molar-refractivity contribution < 1.29 is 23.4 Å². The Labute approximate surface area is 221 Å². The van der Waals surface area contributed by atoms with E-state index in [9.17, 15) is 9.59 Å². The number of benzene rings is 1. The quantitative estimate of drug-likeness (QED) is 0.414. The van der Waals surface area contributed by atoms with E-state index in [2.05, 4.69) is 16.5 Å². The summed E-state index contributed by atoms with van der Waals surface area (Å²) in [6.07, 6.45) is 5.30. The number of pyridine rings is 1. The maximum absolute atomic E-state index is 15.8. The first kappa shape index (κ1) is 26.4. The lowest BCUT2D eigenvalue weighted by Gasteiger charge is -2.35. The van der Waals surface area contributed by atoms with Crippen molar-refractivity contribution in [2.24, 2.45) is 0 Å². The number of ether oxygens (including phenoxy) is 3. The summed E-state index contributed by atoms with van der Waals surface area (Å²) >= 11 is 0. The smallest absolute Gasteiger partial charge is 0.343 e. The highest BCUT2D eigenvalue weighted by Gasteiger charge is 2.32. The maximum atomic E-state index is 15.8. The topological polar surface area (TPSA) is 74.9 Å². The first-order valence-electron chi connectivity index (χ1n) is 13.2. The normalized spacial score (nSPS) is 18.0. The van der Waals surface area contributed by atoms with Gasteiger partial charge in [0.15, 0.2) is 5.75 Å². The Kier molecular flexibility index (Phi) is 6.86. The molecule has 3 aromatic rings. The Hall–Kier alpha value is -3.17. The summed E-state index contributed by atoms with van der Waals surface area (Å²) in [7, 11) is 3.56. The summed E-state index contributed by atoms with van der Waals surface area (Å²) in [5.41, 5.74) is 1.69. The molecule has 0 amide bonds. The van der Waals surface area contributed by atoms with Gasteiger partial charge in [0.2, 0.25) is 5.43 Å². The van der Waals surface area contributed by atoms with Gasteiger partial charge >= 0.3 is 5.97 Å². The zero-order valence-corrected chi connectivity index (χ0v) is 23.0. The van der Waals surface area contributed by atoms with Crippen molar-refractivity contribution in [2.75, 3.05) is 27.4 Å². The number of likely N-dealkylation sites (N-methyl/N-ethyl adjacent to an activating group) is 1. The average Bonchev–Trinajstić information content (AvgIpc) is 3.61. The fourth-order valence-electron chi connectivity index (χ4n) is 5.19. The summed E-state index contributed by atoms with van der Waals surface area (Å²) in [5, 5.41) is 0.114. The molecule has 1 aromatic carbocycles. The third kappa shape index (κ3) is 4.85. The summed E-state index contributed by atoms with van der Waals surface area (Å²) in [6, 6.07) is 3.51. The highest BCUT2D eigenvalue weighted by Crippen LogP contribution is 2.44. The number of methoxy groups -OCH3 is 1. The summed E-state index contributed by atoms with van der Waals surface area (Å²) < 4.78 is 36.8. The number of nitrogens with zero attached hydrogens (tertiary/aromatic N) is 3. The molecule has 3 heterocycles. The van der Waals surface area contributed by atoms with E-state index in [-0.39, 0.29) is 35.2 Å². The Morgan fingerprint density at radius 1 is 1.18 bits per heavy atom. The van der Waals surface area contributed by atoms with E-state index in [0.717, 1.165) is 25.1 Å². The van der Waals surface area contributed by atoms with Gasteiger partial charge in [-0.2, -0.15) is 0 Å². The van der Waals surface area contributed by atoms with Crippen molar-refractivity contribution in [1.29, 1.82) is 0 Å². The molecule has 1 aliphatic carbocycles. The van der Waals surface area contributed by atoms with E-state index in [0.29, 0.717) is 35.5 Å². The van der Waals surface area contributed by atoms with Crippen LogP contribution in [0.5, 0.6) is 5.75 Å².